The molecule has 4 rings (SSSR count). The van der Waals surface area contributed by atoms with Crippen LogP contribution >= 0.6 is 27.3 Å². The molecule has 0 atom stereocenters. The highest BCUT2D eigenvalue weighted by atomic mass is 79.9. The van der Waals surface area contributed by atoms with E-state index in [2.05, 4.69) is 21.2 Å². The zero-order valence-electron chi connectivity index (χ0n) is 19.0. The van der Waals surface area contributed by atoms with Gasteiger partial charge < -0.3 is 14.8 Å². The lowest BCUT2D eigenvalue weighted by atomic mass is 9.95. The zero-order chi connectivity index (χ0) is 23.4. The molecule has 1 aliphatic carbocycles. The number of amides is 1. The van der Waals surface area contributed by atoms with Gasteiger partial charge in [0.15, 0.2) is 11.5 Å². The highest BCUT2D eigenvalue weighted by molar-refractivity contribution is 9.10. The second kappa shape index (κ2) is 10.5. The number of carbonyl (C=O) groups is 1. The molecule has 0 fully saturated rings. The Hall–Kier alpha value is -2.64. The Bertz CT molecular complexity index is 1170. The molecule has 7 heteroatoms. The highest BCUT2D eigenvalue weighted by Gasteiger charge is 2.25. The number of rotatable bonds is 7. The quantitative estimate of drug-likeness (QED) is 0.331. The summed E-state index contributed by atoms with van der Waals surface area (Å²) < 4.78 is 12.4. The average molecular weight is 527 g/mol. The van der Waals surface area contributed by atoms with E-state index in [0.29, 0.717) is 17.1 Å². The molecule has 1 amide bonds. The number of hydrogen-bond donors (Lipinski definition) is 1. The monoisotopic (exact) mass is 526 g/mol. The summed E-state index contributed by atoms with van der Waals surface area (Å²) in [7, 11) is 1.62. The van der Waals surface area contributed by atoms with Crippen molar-refractivity contribution < 1.29 is 14.3 Å². The smallest absolute Gasteiger partial charge is 0.259 e. The fraction of sp³-hybridized carbons (Fsp3) is 0.308. The third-order valence-electron chi connectivity index (χ3n) is 5.35. The van der Waals surface area contributed by atoms with E-state index in [4.69, 9.17) is 14.5 Å². The molecule has 1 aromatic heterocycles. The number of anilines is 1. The van der Waals surface area contributed by atoms with E-state index in [9.17, 15) is 4.79 Å². The van der Waals surface area contributed by atoms with Crippen LogP contribution in [0.2, 0.25) is 0 Å². The van der Waals surface area contributed by atoms with E-state index >= 15 is 0 Å². The predicted molar refractivity (Wildman–Crippen MR) is 139 cm³/mol. The van der Waals surface area contributed by atoms with Crippen LogP contribution in [0.4, 0.5) is 10.7 Å². The van der Waals surface area contributed by atoms with Gasteiger partial charge in [-0.15, -0.1) is 11.3 Å². The first-order valence-corrected chi connectivity index (χ1v) is 12.7. The van der Waals surface area contributed by atoms with Crippen LogP contribution in [0.25, 0.3) is 0 Å². The van der Waals surface area contributed by atoms with Crippen molar-refractivity contribution in [3.63, 3.8) is 0 Å². The van der Waals surface area contributed by atoms with E-state index in [0.717, 1.165) is 52.0 Å². The second-order valence-corrected chi connectivity index (χ2v) is 10.2. The molecule has 0 radical (unpaired) electrons. The van der Waals surface area contributed by atoms with Crippen LogP contribution in [0.15, 0.2) is 51.9 Å². The highest BCUT2D eigenvalue weighted by Crippen LogP contribution is 2.41. The predicted octanol–water partition coefficient (Wildman–Crippen LogP) is 7.19. The van der Waals surface area contributed by atoms with Gasteiger partial charge in [-0.05, 0) is 69.4 Å². The molecule has 3 aromatic rings. The molecule has 1 aliphatic rings. The summed E-state index contributed by atoms with van der Waals surface area (Å²) in [6.45, 7) is 3.95. The number of aryl methyl sites for hydroxylation is 1. The van der Waals surface area contributed by atoms with Gasteiger partial charge in [0, 0.05) is 26.8 Å². The van der Waals surface area contributed by atoms with Crippen LogP contribution in [0.5, 0.6) is 11.5 Å². The van der Waals surface area contributed by atoms with Gasteiger partial charge in [0.05, 0.1) is 18.8 Å². The third kappa shape index (κ3) is 5.47. The van der Waals surface area contributed by atoms with Crippen LogP contribution in [0.1, 0.15) is 53.1 Å². The molecular formula is C26H27BrN2O3S. The van der Waals surface area contributed by atoms with Crippen molar-refractivity contribution in [2.45, 2.75) is 45.6 Å². The number of aliphatic imine (C=N–C) groups is 1. The average Bonchev–Trinajstić information content (AvgIpc) is 3.17. The van der Waals surface area contributed by atoms with Gasteiger partial charge in [-0.2, -0.15) is 0 Å². The third-order valence-corrected chi connectivity index (χ3v) is 7.01. The fourth-order valence-corrected chi connectivity index (χ4v) is 5.60. The lowest BCUT2D eigenvalue weighted by molar-refractivity contribution is 0.102. The molecule has 0 spiro atoms. The number of thiophene rings is 1. The number of benzene rings is 2. The Morgan fingerprint density at radius 3 is 2.67 bits per heavy atom. The first-order valence-electron chi connectivity index (χ1n) is 11.1. The van der Waals surface area contributed by atoms with Crippen molar-refractivity contribution in [2.75, 3.05) is 12.4 Å². The topological polar surface area (TPSA) is 59.9 Å². The minimum atomic E-state index is -0.113. The fourth-order valence-electron chi connectivity index (χ4n) is 3.92. The molecule has 1 N–H and O–H groups in total. The van der Waals surface area contributed by atoms with Crippen molar-refractivity contribution >= 4 is 50.1 Å². The van der Waals surface area contributed by atoms with E-state index in [-0.39, 0.29) is 12.0 Å². The Balaban J connectivity index is 1.74. The Kier molecular flexibility index (Phi) is 7.50. The largest absolute Gasteiger partial charge is 0.493 e. The van der Waals surface area contributed by atoms with Gasteiger partial charge in [-0.1, -0.05) is 34.1 Å². The molecule has 0 unspecified atom stereocenters. The summed E-state index contributed by atoms with van der Waals surface area (Å²) >= 11 is 5.15. The minimum Gasteiger partial charge on any atom is -0.493 e. The van der Waals surface area contributed by atoms with E-state index in [1.165, 1.54) is 4.88 Å². The first-order chi connectivity index (χ1) is 16.0. The standard InChI is InChI=1S/C26H27BrN2O3S/c1-16(2)32-24-17(13-18(27)14-21(24)31-3)15-28-26-23(20-11-7-8-12-22(20)33-26)25(30)29-19-9-5-4-6-10-19/h4-6,9-10,13-16H,7-8,11-12H2,1-3H3,(H,29,30). The van der Waals surface area contributed by atoms with Gasteiger partial charge >= 0.3 is 0 Å². The van der Waals surface area contributed by atoms with Crippen LogP contribution in [0, 0.1) is 0 Å². The maximum absolute atomic E-state index is 13.3. The van der Waals surface area contributed by atoms with Gasteiger partial charge in [0.2, 0.25) is 0 Å². The summed E-state index contributed by atoms with van der Waals surface area (Å²) in [6, 6.07) is 13.4. The Morgan fingerprint density at radius 1 is 1.18 bits per heavy atom. The van der Waals surface area contributed by atoms with Gasteiger partial charge in [0.1, 0.15) is 5.00 Å². The van der Waals surface area contributed by atoms with E-state index in [1.54, 1.807) is 24.7 Å². The summed E-state index contributed by atoms with van der Waals surface area (Å²) in [4.78, 5) is 19.4. The number of carbonyl (C=O) groups excluding carboxylic acids is 1. The van der Waals surface area contributed by atoms with E-state index in [1.807, 2.05) is 56.3 Å². The van der Waals surface area contributed by atoms with Crippen LogP contribution in [-0.4, -0.2) is 25.3 Å². The molecule has 0 saturated carbocycles. The number of fused-ring (bicyclic) bond motifs is 1. The number of para-hydroxylation sites is 1. The number of ether oxygens (including phenoxy) is 2. The summed E-state index contributed by atoms with van der Waals surface area (Å²) in [6.07, 6.45) is 5.88. The van der Waals surface area contributed by atoms with Crippen LogP contribution in [-0.2, 0) is 12.8 Å². The number of nitrogens with one attached hydrogen (secondary N) is 1. The molecule has 0 bridgehead atoms. The summed E-state index contributed by atoms with van der Waals surface area (Å²) in [5, 5.41) is 3.77. The van der Waals surface area contributed by atoms with Crippen LogP contribution < -0.4 is 14.8 Å². The molecule has 5 nitrogen and oxygen atoms in total. The molecular weight excluding hydrogens is 500 g/mol. The van der Waals surface area contributed by atoms with Crippen molar-refractivity contribution in [2.24, 2.45) is 4.99 Å². The normalized spacial score (nSPS) is 13.2. The van der Waals surface area contributed by atoms with Crippen molar-refractivity contribution in [3.8, 4) is 11.5 Å². The molecule has 0 aliphatic heterocycles. The first kappa shape index (κ1) is 23.5. The lowest BCUT2D eigenvalue weighted by Gasteiger charge is -2.16. The second-order valence-electron chi connectivity index (χ2n) is 8.16. The summed E-state index contributed by atoms with van der Waals surface area (Å²) in [5.74, 6) is 1.15. The molecule has 1 heterocycles. The molecule has 2 aromatic carbocycles. The summed E-state index contributed by atoms with van der Waals surface area (Å²) in [5.41, 5.74) is 3.38. The van der Waals surface area contributed by atoms with Crippen LogP contribution in [0.3, 0.4) is 0 Å². The SMILES string of the molecule is COc1cc(Br)cc(C=Nc2sc3c(c2C(=O)Nc2ccccc2)CCCC3)c1OC(C)C. The van der Waals surface area contributed by atoms with Crippen molar-refractivity contribution in [1.29, 1.82) is 0 Å². The Labute approximate surface area is 207 Å². The van der Waals surface area contributed by atoms with E-state index < -0.39 is 0 Å². The number of nitrogens with zero attached hydrogens (tertiary/aromatic N) is 1. The van der Waals surface area contributed by atoms with Crippen molar-refractivity contribution in [1.82, 2.24) is 0 Å². The zero-order valence-corrected chi connectivity index (χ0v) is 21.4. The lowest BCUT2D eigenvalue weighted by Crippen LogP contribution is -2.14. The number of halogens is 1. The number of methoxy groups -OCH3 is 1. The van der Waals surface area contributed by atoms with Gasteiger partial charge in [-0.3, -0.25) is 4.79 Å². The maximum atomic E-state index is 13.3. The number of hydrogen-bond acceptors (Lipinski definition) is 5. The molecule has 0 saturated heterocycles. The minimum absolute atomic E-state index is 0.0199. The molecule has 172 valence electrons. The van der Waals surface area contributed by atoms with Crippen molar-refractivity contribution in [3.05, 3.63) is 68.5 Å². The van der Waals surface area contributed by atoms with Gasteiger partial charge in [0.25, 0.3) is 5.91 Å². The molecule has 33 heavy (non-hydrogen) atoms. The maximum Gasteiger partial charge on any atom is 0.259 e. The Morgan fingerprint density at radius 2 is 1.94 bits per heavy atom. The van der Waals surface area contributed by atoms with Gasteiger partial charge in [-0.25, -0.2) is 4.99 Å².